The van der Waals surface area contributed by atoms with Crippen LogP contribution in [0.25, 0.3) is 0 Å². The minimum absolute atomic E-state index is 0.574. The molecule has 2 heteroatoms. The van der Waals surface area contributed by atoms with Crippen LogP contribution in [0.15, 0.2) is 0 Å². The molecular weight excluding hydrogens is 452 g/mol. The third-order valence-corrected chi connectivity index (χ3v) is 10.3. The van der Waals surface area contributed by atoms with Crippen LogP contribution in [0.2, 0.25) is 0 Å². The molecule has 0 aromatic rings. The van der Waals surface area contributed by atoms with Crippen LogP contribution in [-0.4, -0.2) is 25.4 Å². The van der Waals surface area contributed by atoms with Gasteiger partial charge in [-0.1, -0.05) is 118 Å². The number of unbranched alkanes of at least 4 members (excludes halogenated alkanes) is 6. The first-order valence-electron chi connectivity index (χ1n) is 17.4. The van der Waals surface area contributed by atoms with Crippen molar-refractivity contribution in [2.45, 2.75) is 182 Å². The van der Waals surface area contributed by atoms with E-state index in [-0.39, 0.29) is 0 Å². The van der Waals surface area contributed by atoms with E-state index in [9.17, 15) is 0 Å². The number of ether oxygens (including phenoxy) is 2. The molecule has 220 valence electrons. The van der Waals surface area contributed by atoms with E-state index >= 15 is 0 Å². The zero-order chi connectivity index (χ0) is 26.7. The SMILES string of the molecule is CCCC.CCCCCCCCOC1CCC2CCCCC2C1C.CCOC1CCC2CCCCC2C1. The summed E-state index contributed by atoms with van der Waals surface area (Å²) in [6.07, 6.45) is 30.8. The minimum Gasteiger partial charge on any atom is -0.378 e. The molecular formula is C35H68O2. The average molecular weight is 521 g/mol. The van der Waals surface area contributed by atoms with Gasteiger partial charge in [-0.3, -0.25) is 0 Å². The standard InChI is InChI=1S/C19H36O.C12H22O.C4H10/c1-3-4-5-6-7-10-15-20-19-14-13-17-11-8-9-12-18(17)16(19)2;1-2-13-12-8-7-10-5-3-4-6-11(10)9-12;1-3-4-2/h16-19H,3-15H2,1-2H3;10-12H,2-9H2,1H3;3-4H2,1-2H3. The fourth-order valence-corrected chi connectivity index (χ4v) is 7.77. The van der Waals surface area contributed by atoms with Gasteiger partial charge in [0.05, 0.1) is 12.2 Å². The third kappa shape index (κ3) is 12.8. The second-order valence-electron chi connectivity index (χ2n) is 13.0. The molecule has 4 aliphatic rings. The van der Waals surface area contributed by atoms with Gasteiger partial charge in [-0.05, 0) is 81.5 Å². The first kappa shape index (κ1) is 33.1. The second kappa shape index (κ2) is 20.8. The molecule has 7 unspecified atom stereocenters. The zero-order valence-electron chi connectivity index (χ0n) is 26.1. The first-order chi connectivity index (χ1) is 18.1. The molecule has 0 amide bonds. The lowest BCUT2D eigenvalue weighted by Gasteiger charge is -2.44. The number of rotatable bonds is 11. The summed E-state index contributed by atoms with van der Waals surface area (Å²) >= 11 is 0. The Hall–Kier alpha value is -0.0800. The van der Waals surface area contributed by atoms with E-state index in [1.165, 1.54) is 135 Å². The number of hydrogen-bond acceptors (Lipinski definition) is 2. The molecule has 4 aliphatic carbocycles. The lowest BCUT2D eigenvalue weighted by Crippen LogP contribution is -2.39. The molecule has 0 spiro atoms. The van der Waals surface area contributed by atoms with E-state index in [0.717, 1.165) is 42.8 Å². The van der Waals surface area contributed by atoms with Crippen LogP contribution in [0.4, 0.5) is 0 Å². The van der Waals surface area contributed by atoms with Crippen LogP contribution in [0, 0.1) is 29.6 Å². The summed E-state index contributed by atoms with van der Waals surface area (Å²) in [6, 6.07) is 0. The highest BCUT2D eigenvalue weighted by atomic mass is 16.5. The van der Waals surface area contributed by atoms with Crippen molar-refractivity contribution >= 4 is 0 Å². The highest BCUT2D eigenvalue weighted by Gasteiger charge is 2.38. The third-order valence-electron chi connectivity index (χ3n) is 10.3. The maximum Gasteiger partial charge on any atom is 0.0603 e. The van der Waals surface area contributed by atoms with Crippen molar-refractivity contribution in [3.63, 3.8) is 0 Å². The normalized spacial score (nSPS) is 33.2. The molecule has 0 aromatic carbocycles. The monoisotopic (exact) mass is 521 g/mol. The van der Waals surface area contributed by atoms with Crippen molar-refractivity contribution in [1.82, 2.24) is 0 Å². The molecule has 0 N–H and O–H groups in total. The lowest BCUT2D eigenvalue weighted by molar-refractivity contribution is -0.0561. The zero-order valence-corrected chi connectivity index (χ0v) is 26.1. The lowest BCUT2D eigenvalue weighted by atomic mass is 9.65. The Bertz CT molecular complexity index is 517. The fraction of sp³-hybridized carbons (Fsp3) is 1.00. The average Bonchev–Trinajstić information content (AvgIpc) is 2.94. The van der Waals surface area contributed by atoms with Gasteiger partial charge in [-0.25, -0.2) is 0 Å². The molecule has 0 aliphatic heterocycles. The molecule has 2 nitrogen and oxygen atoms in total. The van der Waals surface area contributed by atoms with E-state index < -0.39 is 0 Å². The summed E-state index contributed by atoms with van der Waals surface area (Å²) in [5.74, 6) is 4.90. The van der Waals surface area contributed by atoms with Crippen LogP contribution in [0.1, 0.15) is 169 Å². The van der Waals surface area contributed by atoms with Crippen molar-refractivity contribution in [3.05, 3.63) is 0 Å². The van der Waals surface area contributed by atoms with E-state index in [2.05, 4.69) is 34.6 Å². The van der Waals surface area contributed by atoms with E-state index in [0.29, 0.717) is 12.2 Å². The van der Waals surface area contributed by atoms with Gasteiger partial charge in [0.25, 0.3) is 0 Å². The predicted molar refractivity (Wildman–Crippen MR) is 162 cm³/mol. The van der Waals surface area contributed by atoms with Gasteiger partial charge in [-0.15, -0.1) is 0 Å². The summed E-state index contributed by atoms with van der Waals surface area (Å²) in [7, 11) is 0. The number of fused-ring (bicyclic) bond motifs is 2. The molecule has 4 rings (SSSR count). The summed E-state index contributed by atoms with van der Waals surface area (Å²) < 4.78 is 12.0. The van der Waals surface area contributed by atoms with Crippen LogP contribution in [0.5, 0.6) is 0 Å². The second-order valence-corrected chi connectivity index (χ2v) is 13.0. The largest absolute Gasteiger partial charge is 0.378 e. The first-order valence-corrected chi connectivity index (χ1v) is 17.4. The Morgan fingerprint density at radius 2 is 1.16 bits per heavy atom. The molecule has 37 heavy (non-hydrogen) atoms. The highest BCUT2D eigenvalue weighted by molar-refractivity contribution is 4.88. The molecule has 0 aromatic heterocycles. The topological polar surface area (TPSA) is 18.5 Å². The number of hydrogen-bond donors (Lipinski definition) is 0. The smallest absolute Gasteiger partial charge is 0.0603 e. The predicted octanol–water partition coefficient (Wildman–Crippen LogP) is 11.2. The molecule has 0 saturated heterocycles. The Morgan fingerprint density at radius 3 is 1.86 bits per heavy atom. The highest BCUT2D eigenvalue weighted by Crippen LogP contribution is 2.44. The molecule has 0 heterocycles. The maximum absolute atomic E-state index is 6.25. The molecule has 4 saturated carbocycles. The van der Waals surface area contributed by atoms with Gasteiger partial charge in [0.15, 0.2) is 0 Å². The van der Waals surface area contributed by atoms with Crippen molar-refractivity contribution in [2.24, 2.45) is 29.6 Å². The van der Waals surface area contributed by atoms with Crippen molar-refractivity contribution in [2.75, 3.05) is 13.2 Å². The molecule has 0 bridgehead atoms. The van der Waals surface area contributed by atoms with E-state index in [1.54, 1.807) is 0 Å². The fourth-order valence-electron chi connectivity index (χ4n) is 7.77. The molecule has 7 atom stereocenters. The van der Waals surface area contributed by atoms with Crippen molar-refractivity contribution in [3.8, 4) is 0 Å². The summed E-state index contributed by atoms with van der Waals surface area (Å²) in [5, 5.41) is 0. The van der Waals surface area contributed by atoms with E-state index in [4.69, 9.17) is 9.47 Å². The quantitative estimate of drug-likeness (QED) is 0.252. The van der Waals surface area contributed by atoms with Crippen molar-refractivity contribution in [1.29, 1.82) is 0 Å². The van der Waals surface area contributed by atoms with Gasteiger partial charge >= 0.3 is 0 Å². The van der Waals surface area contributed by atoms with Gasteiger partial charge in [-0.2, -0.15) is 0 Å². The van der Waals surface area contributed by atoms with Gasteiger partial charge in [0.2, 0.25) is 0 Å². The van der Waals surface area contributed by atoms with Crippen molar-refractivity contribution < 1.29 is 9.47 Å². The van der Waals surface area contributed by atoms with Crippen LogP contribution in [0.3, 0.4) is 0 Å². The van der Waals surface area contributed by atoms with Crippen LogP contribution in [-0.2, 0) is 9.47 Å². The minimum atomic E-state index is 0.574. The molecule has 4 fully saturated rings. The maximum atomic E-state index is 6.25. The Balaban J connectivity index is 0.000000242. The van der Waals surface area contributed by atoms with Gasteiger partial charge in [0.1, 0.15) is 0 Å². The van der Waals surface area contributed by atoms with E-state index in [1.807, 2.05) is 0 Å². The summed E-state index contributed by atoms with van der Waals surface area (Å²) in [4.78, 5) is 0. The Kier molecular flexibility index (Phi) is 18.6. The van der Waals surface area contributed by atoms with Gasteiger partial charge < -0.3 is 9.47 Å². The molecule has 0 radical (unpaired) electrons. The van der Waals surface area contributed by atoms with Crippen LogP contribution < -0.4 is 0 Å². The van der Waals surface area contributed by atoms with Crippen LogP contribution >= 0.6 is 0 Å². The summed E-state index contributed by atoms with van der Waals surface area (Å²) in [5.41, 5.74) is 0. The Morgan fingerprint density at radius 1 is 0.541 bits per heavy atom. The Labute approximate surface area is 233 Å². The van der Waals surface area contributed by atoms with Gasteiger partial charge in [0, 0.05) is 13.2 Å². The summed E-state index contributed by atoms with van der Waals surface area (Å²) in [6.45, 7) is 13.1.